The first-order valence-electron chi connectivity index (χ1n) is 8.70. The van der Waals surface area contributed by atoms with Crippen molar-refractivity contribution >= 4 is 16.6 Å². The van der Waals surface area contributed by atoms with Gasteiger partial charge in [-0.15, -0.1) is 0 Å². The third kappa shape index (κ3) is 2.30. The minimum Gasteiger partial charge on any atom is -0.371 e. The molecule has 2 fully saturated rings. The minimum absolute atomic E-state index is 0.265. The second kappa shape index (κ2) is 5.55. The van der Waals surface area contributed by atoms with Gasteiger partial charge in [0.05, 0.1) is 16.6 Å². The summed E-state index contributed by atoms with van der Waals surface area (Å²) in [7, 11) is 0. The lowest BCUT2D eigenvalue weighted by atomic mass is 9.88. The van der Waals surface area contributed by atoms with Crippen molar-refractivity contribution in [3.05, 3.63) is 39.0 Å². The van der Waals surface area contributed by atoms with E-state index in [1.807, 2.05) is 25.1 Å². The van der Waals surface area contributed by atoms with Gasteiger partial charge < -0.3 is 4.90 Å². The Kier molecular flexibility index (Phi) is 3.51. The predicted molar refractivity (Wildman–Crippen MR) is 92.2 cm³/mol. The average molecular weight is 313 g/mol. The summed E-state index contributed by atoms with van der Waals surface area (Å²) < 4.78 is 1.64. The Bertz CT molecular complexity index is 851. The highest BCUT2D eigenvalue weighted by molar-refractivity contribution is 5.91. The van der Waals surface area contributed by atoms with Crippen molar-refractivity contribution < 1.29 is 0 Å². The number of nitrogens with one attached hydrogen (secondary N) is 1. The molecule has 2 aliphatic rings. The molecule has 0 amide bonds. The van der Waals surface area contributed by atoms with Crippen LogP contribution >= 0.6 is 0 Å². The Morgan fingerprint density at radius 3 is 2.83 bits per heavy atom. The molecule has 1 aliphatic carbocycles. The van der Waals surface area contributed by atoms with Crippen LogP contribution in [0.5, 0.6) is 0 Å². The standard InChI is InChI=1S/C18H23N3O2/c1-2-21-15-8-4-7-14(16(15)17(22)19-18(21)23)20-10-9-12-5-3-6-13(12)11-20/h4,7-8,12-13H,2-3,5-6,9-11H2,1H3,(H,19,22,23)/t12-,13+/m1/s1. The fourth-order valence-electron chi connectivity index (χ4n) is 4.55. The lowest BCUT2D eigenvalue weighted by Gasteiger charge is -2.37. The molecule has 1 aromatic carbocycles. The van der Waals surface area contributed by atoms with Crippen LogP contribution in [0.3, 0.4) is 0 Å². The number of rotatable bonds is 2. The molecule has 2 atom stereocenters. The number of H-pyrrole nitrogens is 1. The molecular weight excluding hydrogens is 290 g/mol. The molecule has 23 heavy (non-hydrogen) atoms. The number of aromatic amines is 1. The van der Waals surface area contributed by atoms with Crippen LogP contribution in [0, 0.1) is 11.8 Å². The van der Waals surface area contributed by atoms with Crippen LogP contribution in [-0.4, -0.2) is 22.6 Å². The van der Waals surface area contributed by atoms with E-state index >= 15 is 0 Å². The number of piperidine rings is 1. The van der Waals surface area contributed by atoms with Crippen molar-refractivity contribution in [3.63, 3.8) is 0 Å². The van der Waals surface area contributed by atoms with Gasteiger partial charge >= 0.3 is 5.69 Å². The molecule has 0 spiro atoms. The quantitative estimate of drug-likeness (QED) is 0.926. The molecule has 0 unspecified atom stereocenters. The zero-order valence-corrected chi connectivity index (χ0v) is 13.5. The number of aryl methyl sites for hydroxylation is 1. The Morgan fingerprint density at radius 1 is 1.17 bits per heavy atom. The van der Waals surface area contributed by atoms with Crippen molar-refractivity contribution in [2.75, 3.05) is 18.0 Å². The number of aromatic nitrogens is 2. The Hall–Kier alpha value is -2.04. The van der Waals surface area contributed by atoms with E-state index in [1.54, 1.807) is 4.57 Å². The van der Waals surface area contributed by atoms with Gasteiger partial charge in [-0.1, -0.05) is 18.9 Å². The summed E-state index contributed by atoms with van der Waals surface area (Å²) in [6, 6.07) is 5.86. The van der Waals surface area contributed by atoms with E-state index in [4.69, 9.17) is 0 Å². The van der Waals surface area contributed by atoms with Gasteiger partial charge in [-0.25, -0.2) is 4.79 Å². The van der Waals surface area contributed by atoms with Gasteiger partial charge in [0, 0.05) is 19.6 Å². The fourth-order valence-corrected chi connectivity index (χ4v) is 4.55. The first-order chi connectivity index (χ1) is 11.2. The van der Waals surface area contributed by atoms with Crippen LogP contribution in [0.4, 0.5) is 5.69 Å². The maximum Gasteiger partial charge on any atom is 0.328 e. The predicted octanol–water partition coefficient (Wildman–Crippen LogP) is 2.34. The average Bonchev–Trinajstić information content (AvgIpc) is 3.02. The number of fused-ring (bicyclic) bond motifs is 2. The second-order valence-electron chi connectivity index (χ2n) is 6.86. The Balaban J connectivity index is 1.84. The van der Waals surface area contributed by atoms with Crippen molar-refractivity contribution in [3.8, 4) is 0 Å². The van der Waals surface area contributed by atoms with E-state index in [1.165, 1.54) is 25.7 Å². The van der Waals surface area contributed by atoms with Gasteiger partial charge in [0.15, 0.2) is 0 Å². The molecule has 0 radical (unpaired) electrons. The Morgan fingerprint density at radius 2 is 2.00 bits per heavy atom. The van der Waals surface area contributed by atoms with E-state index in [0.29, 0.717) is 11.9 Å². The summed E-state index contributed by atoms with van der Waals surface area (Å²) in [6.45, 7) is 4.52. The highest BCUT2D eigenvalue weighted by atomic mass is 16.2. The highest BCUT2D eigenvalue weighted by Gasteiger charge is 2.33. The molecule has 1 aliphatic heterocycles. The minimum atomic E-state index is -0.323. The molecular formula is C18H23N3O2. The monoisotopic (exact) mass is 313 g/mol. The van der Waals surface area contributed by atoms with Gasteiger partial charge in [0.2, 0.25) is 0 Å². The lowest BCUT2D eigenvalue weighted by Crippen LogP contribution is -2.39. The largest absolute Gasteiger partial charge is 0.371 e. The van der Waals surface area contributed by atoms with Crippen LogP contribution in [-0.2, 0) is 6.54 Å². The van der Waals surface area contributed by atoms with E-state index in [9.17, 15) is 9.59 Å². The number of anilines is 1. The summed E-state index contributed by atoms with van der Waals surface area (Å²) in [6.07, 6.45) is 5.23. The number of nitrogens with zero attached hydrogens (tertiary/aromatic N) is 2. The van der Waals surface area contributed by atoms with Gasteiger partial charge in [-0.05, 0) is 43.7 Å². The van der Waals surface area contributed by atoms with E-state index in [2.05, 4.69) is 9.88 Å². The summed E-state index contributed by atoms with van der Waals surface area (Å²) in [4.78, 5) is 29.3. The number of benzene rings is 1. The van der Waals surface area contributed by atoms with Crippen LogP contribution in [0.1, 0.15) is 32.6 Å². The van der Waals surface area contributed by atoms with E-state index in [-0.39, 0.29) is 11.2 Å². The molecule has 1 aromatic heterocycles. The topological polar surface area (TPSA) is 58.1 Å². The first kappa shape index (κ1) is 14.5. The molecule has 2 heterocycles. The molecule has 4 rings (SSSR count). The SMILES string of the molecule is CCn1c(=O)[nH]c(=O)c2c(N3CC[C@H]4CCC[C@H]4C3)cccc21. The molecule has 2 aromatic rings. The van der Waals surface area contributed by atoms with Gasteiger partial charge in [-0.2, -0.15) is 0 Å². The van der Waals surface area contributed by atoms with Gasteiger partial charge in [-0.3, -0.25) is 14.3 Å². The zero-order valence-electron chi connectivity index (χ0n) is 13.5. The van der Waals surface area contributed by atoms with Crippen LogP contribution < -0.4 is 16.1 Å². The van der Waals surface area contributed by atoms with Crippen molar-refractivity contribution in [2.45, 2.75) is 39.2 Å². The van der Waals surface area contributed by atoms with Crippen LogP contribution in [0.2, 0.25) is 0 Å². The summed E-state index contributed by atoms with van der Waals surface area (Å²) >= 11 is 0. The van der Waals surface area contributed by atoms with E-state index < -0.39 is 0 Å². The lowest BCUT2D eigenvalue weighted by molar-refractivity contribution is 0.324. The first-order valence-corrected chi connectivity index (χ1v) is 8.70. The van der Waals surface area contributed by atoms with Crippen LogP contribution in [0.25, 0.3) is 10.9 Å². The van der Waals surface area contributed by atoms with Gasteiger partial charge in [0.25, 0.3) is 5.56 Å². The third-order valence-corrected chi connectivity index (χ3v) is 5.70. The summed E-state index contributed by atoms with van der Waals surface area (Å²) in [5, 5.41) is 0.658. The normalized spacial score (nSPS) is 24.1. The van der Waals surface area contributed by atoms with Crippen molar-refractivity contribution in [1.29, 1.82) is 0 Å². The molecule has 5 heteroatoms. The molecule has 1 N–H and O–H groups in total. The summed E-state index contributed by atoms with van der Waals surface area (Å²) in [5.74, 6) is 1.63. The van der Waals surface area contributed by atoms with E-state index in [0.717, 1.165) is 36.1 Å². The number of hydrogen-bond acceptors (Lipinski definition) is 3. The zero-order chi connectivity index (χ0) is 16.0. The molecule has 1 saturated carbocycles. The molecule has 0 bridgehead atoms. The smallest absolute Gasteiger partial charge is 0.328 e. The highest BCUT2D eigenvalue weighted by Crippen LogP contribution is 2.39. The fraction of sp³-hybridized carbons (Fsp3) is 0.556. The Labute approximate surface area is 134 Å². The molecule has 5 nitrogen and oxygen atoms in total. The second-order valence-corrected chi connectivity index (χ2v) is 6.86. The molecule has 1 saturated heterocycles. The number of hydrogen-bond donors (Lipinski definition) is 1. The molecule has 122 valence electrons. The van der Waals surface area contributed by atoms with Crippen molar-refractivity contribution in [2.24, 2.45) is 11.8 Å². The van der Waals surface area contributed by atoms with Crippen molar-refractivity contribution in [1.82, 2.24) is 9.55 Å². The third-order valence-electron chi connectivity index (χ3n) is 5.70. The summed E-state index contributed by atoms with van der Waals surface area (Å²) in [5.41, 5.74) is 1.14. The maximum absolute atomic E-state index is 12.5. The van der Waals surface area contributed by atoms with Gasteiger partial charge in [0.1, 0.15) is 0 Å². The maximum atomic E-state index is 12.5. The van der Waals surface area contributed by atoms with Crippen LogP contribution in [0.15, 0.2) is 27.8 Å².